The first-order chi connectivity index (χ1) is 9.75. The van der Waals surface area contributed by atoms with Gasteiger partial charge < -0.3 is 5.32 Å². The van der Waals surface area contributed by atoms with Gasteiger partial charge in [-0.2, -0.15) is 0 Å². The van der Waals surface area contributed by atoms with Gasteiger partial charge in [-0.05, 0) is 25.1 Å². The number of nitrogens with zero attached hydrogens (tertiary/aromatic N) is 1. The molecule has 0 aliphatic carbocycles. The van der Waals surface area contributed by atoms with Crippen molar-refractivity contribution in [1.29, 1.82) is 0 Å². The van der Waals surface area contributed by atoms with Crippen LogP contribution in [0, 0.1) is 5.82 Å². The summed E-state index contributed by atoms with van der Waals surface area (Å²) in [6.07, 6.45) is 1.77. The number of hydrogen-bond acceptors (Lipinski definition) is 2. The van der Waals surface area contributed by atoms with Gasteiger partial charge in [0.25, 0.3) is 0 Å². The lowest BCUT2D eigenvalue weighted by Gasteiger charge is -2.17. The number of aromatic nitrogens is 1. The van der Waals surface area contributed by atoms with Gasteiger partial charge in [0, 0.05) is 17.1 Å². The van der Waals surface area contributed by atoms with Crippen LogP contribution >= 0.6 is 0 Å². The Morgan fingerprint density at radius 2 is 1.80 bits per heavy atom. The van der Waals surface area contributed by atoms with Crippen LogP contribution in [0.15, 0.2) is 60.8 Å². The summed E-state index contributed by atoms with van der Waals surface area (Å²) in [6.45, 7) is 1.94. The molecule has 0 spiro atoms. The normalized spacial score (nSPS) is 12.3. The lowest BCUT2D eigenvalue weighted by Crippen LogP contribution is -2.09. The number of hydrogen-bond donors (Lipinski definition) is 1. The van der Waals surface area contributed by atoms with E-state index in [-0.39, 0.29) is 11.9 Å². The van der Waals surface area contributed by atoms with Crippen LogP contribution in [0.2, 0.25) is 0 Å². The minimum atomic E-state index is -0.194. The maximum absolute atomic E-state index is 13.8. The van der Waals surface area contributed by atoms with E-state index >= 15 is 0 Å². The van der Waals surface area contributed by atoms with Crippen LogP contribution in [-0.4, -0.2) is 4.98 Å². The molecular formula is C17H15FN2. The predicted octanol–water partition coefficient (Wildman–Crippen LogP) is 4.55. The molecule has 3 rings (SSSR count). The summed E-state index contributed by atoms with van der Waals surface area (Å²) in [6, 6.07) is 16.6. The van der Waals surface area contributed by atoms with Crippen molar-refractivity contribution in [1.82, 2.24) is 4.98 Å². The molecule has 0 aliphatic rings. The van der Waals surface area contributed by atoms with Crippen LogP contribution in [0.3, 0.4) is 0 Å². The van der Waals surface area contributed by atoms with Crippen LogP contribution in [-0.2, 0) is 0 Å². The fraction of sp³-hybridized carbons (Fsp3) is 0.118. The van der Waals surface area contributed by atoms with Crippen molar-refractivity contribution >= 4 is 16.6 Å². The van der Waals surface area contributed by atoms with Crippen LogP contribution in [0.5, 0.6) is 0 Å². The maximum atomic E-state index is 13.8. The van der Waals surface area contributed by atoms with Gasteiger partial charge in [-0.3, -0.25) is 4.98 Å². The van der Waals surface area contributed by atoms with Crippen molar-refractivity contribution in [2.45, 2.75) is 13.0 Å². The first-order valence-corrected chi connectivity index (χ1v) is 6.60. The highest BCUT2D eigenvalue weighted by atomic mass is 19.1. The van der Waals surface area contributed by atoms with Crippen molar-refractivity contribution in [3.63, 3.8) is 0 Å². The summed E-state index contributed by atoms with van der Waals surface area (Å²) in [4.78, 5) is 4.39. The summed E-state index contributed by atoms with van der Waals surface area (Å²) in [5.41, 5.74) is 2.47. The lowest BCUT2D eigenvalue weighted by molar-refractivity contribution is 0.600. The number of nitrogens with one attached hydrogen (secondary N) is 1. The van der Waals surface area contributed by atoms with E-state index in [1.165, 1.54) is 6.07 Å². The lowest BCUT2D eigenvalue weighted by atomic mass is 10.1. The number of halogens is 1. The zero-order valence-corrected chi connectivity index (χ0v) is 11.2. The monoisotopic (exact) mass is 266 g/mol. The SMILES string of the molecule is CC(Nc1cccc2cccnc12)c1ccccc1F. The summed E-state index contributed by atoms with van der Waals surface area (Å²) >= 11 is 0. The van der Waals surface area contributed by atoms with E-state index in [0.717, 1.165) is 16.6 Å². The molecule has 1 aromatic heterocycles. The van der Waals surface area contributed by atoms with E-state index in [1.54, 1.807) is 18.3 Å². The molecule has 0 aliphatic heterocycles. The number of anilines is 1. The first kappa shape index (κ1) is 12.6. The fourth-order valence-electron chi connectivity index (χ4n) is 2.36. The molecule has 2 nitrogen and oxygen atoms in total. The molecule has 20 heavy (non-hydrogen) atoms. The number of fused-ring (bicyclic) bond motifs is 1. The predicted molar refractivity (Wildman–Crippen MR) is 80.2 cm³/mol. The molecule has 0 fully saturated rings. The molecule has 2 aromatic carbocycles. The molecule has 0 saturated heterocycles. The highest BCUT2D eigenvalue weighted by Crippen LogP contribution is 2.26. The zero-order valence-electron chi connectivity index (χ0n) is 11.2. The third kappa shape index (κ3) is 2.35. The minimum Gasteiger partial charge on any atom is -0.377 e. The van der Waals surface area contributed by atoms with Gasteiger partial charge in [0.1, 0.15) is 5.82 Å². The van der Waals surface area contributed by atoms with Gasteiger partial charge in [0.15, 0.2) is 0 Å². The maximum Gasteiger partial charge on any atom is 0.128 e. The third-order valence-electron chi connectivity index (χ3n) is 3.38. The second kappa shape index (κ2) is 5.29. The Morgan fingerprint density at radius 3 is 2.65 bits per heavy atom. The van der Waals surface area contributed by atoms with E-state index in [9.17, 15) is 4.39 Å². The fourth-order valence-corrected chi connectivity index (χ4v) is 2.36. The Morgan fingerprint density at radius 1 is 1.00 bits per heavy atom. The van der Waals surface area contributed by atoms with Gasteiger partial charge in [0.2, 0.25) is 0 Å². The van der Waals surface area contributed by atoms with Gasteiger partial charge in [-0.25, -0.2) is 4.39 Å². The van der Waals surface area contributed by atoms with Crippen molar-refractivity contribution in [2.24, 2.45) is 0 Å². The number of benzene rings is 2. The largest absolute Gasteiger partial charge is 0.377 e. The third-order valence-corrected chi connectivity index (χ3v) is 3.38. The highest BCUT2D eigenvalue weighted by molar-refractivity contribution is 5.90. The molecule has 1 unspecified atom stereocenters. The number of pyridine rings is 1. The Balaban J connectivity index is 1.96. The summed E-state index contributed by atoms with van der Waals surface area (Å²) in [7, 11) is 0. The molecule has 1 N–H and O–H groups in total. The van der Waals surface area contributed by atoms with Gasteiger partial charge in [-0.1, -0.05) is 36.4 Å². The van der Waals surface area contributed by atoms with Gasteiger partial charge in [-0.15, -0.1) is 0 Å². The van der Waals surface area contributed by atoms with E-state index in [0.29, 0.717) is 5.56 Å². The molecule has 0 amide bonds. The minimum absolute atomic E-state index is 0.121. The summed E-state index contributed by atoms with van der Waals surface area (Å²) in [5.74, 6) is -0.194. The molecule has 0 saturated carbocycles. The second-order valence-electron chi connectivity index (χ2n) is 4.77. The van der Waals surface area contributed by atoms with E-state index in [1.807, 2.05) is 43.3 Å². The standard InChI is InChI=1S/C17H15FN2/c1-12(14-8-2-3-9-15(14)18)20-16-10-4-6-13-7-5-11-19-17(13)16/h2-12,20H,1H3. The Labute approximate surface area is 117 Å². The Bertz CT molecular complexity index is 734. The molecule has 1 atom stereocenters. The second-order valence-corrected chi connectivity index (χ2v) is 4.77. The zero-order chi connectivity index (χ0) is 13.9. The molecule has 3 heteroatoms. The molecule has 0 radical (unpaired) electrons. The first-order valence-electron chi connectivity index (χ1n) is 6.60. The quantitative estimate of drug-likeness (QED) is 0.752. The van der Waals surface area contributed by atoms with Crippen LogP contribution in [0.4, 0.5) is 10.1 Å². The van der Waals surface area contributed by atoms with E-state index in [2.05, 4.69) is 10.3 Å². The molecule has 100 valence electrons. The van der Waals surface area contributed by atoms with Gasteiger partial charge >= 0.3 is 0 Å². The van der Waals surface area contributed by atoms with E-state index < -0.39 is 0 Å². The van der Waals surface area contributed by atoms with Gasteiger partial charge in [0.05, 0.1) is 17.2 Å². The smallest absolute Gasteiger partial charge is 0.128 e. The molecular weight excluding hydrogens is 251 g/mol. The van der Waals surface area contributed by atoms with Crippen molar-refractivity contribution in [2.75, 3.05) is 5.32 Å². The summed E-state index contributed by atoms with van der Waals surface area (Å²) < 4.78 is 13.8. The van der Waals surface area contributed by atoms with Crippen LogP contribution < -0.4 is 5.32 Å². The summed E-state index contributed by atoms with van der Waals surface area (Å²) in [5, 5.41) is 4.41. The average molecular weight is 266 g/mol. The molecule has 0 bridgehead atoms. The number of para-hydroxylation sites is 1. The van der Waals surface area contributed by atoms with Crippen molar-refractivity contribution in [3.8, 4) is 0 Å². The number of rotatable bonds is 3. The topological polar surface area (TPSA) is 24.9 Å². The van der Waals surface area contributed by atoms with Crippen LogP contribution in [0.25, 0.3) is 10.9 Å². The van der Waals surface area contributed by atoms with E-state index in [4.69, 9.17) is 0 Å². The molecule has 3 aromatic rings. The Kier molecular flexibility index (Phi) is 3.33. The Hall–Kier alpha value is -2.42. The average Bonchev–Trinajstić information content (AvgIpc) is 2.48. The van der Waals surface area contributed by atoms with Crippen molar-refractivity contribution in [3.05, 3.63) is 72.2 Å². The van der Waals surface area contributed by atoms with Crippen LogP contribution in [0.1, 0.15) is 18.5 Å². The highest BCUT2D eigenvalue weighted by Gasteiger charge is 2.11. The van der Waals surface area contributed by atoms with Crippen molar-refractivity contribution < 1.29 is 4.39 Å². The molecule has 1 heterocycles.